The number of hydrogen-bond donors (Lipinski definition) is 1. The molecule has 0 aliphatic carbocycles. The molecule has 0 aliphatic heterocycles. The lowest BCUT2D eigenvalue weighted by Crippen LogP contribution is -2.31. The van der Waals surface area contributed by atoms with Crippen molar-refractivity contribution in [2.24, 2.45) is 0 Å². The molecule has 0 saturated heterocycles. The maximum Gasteiger partial charge on any atom is 0.263 e. The van der Waals surface area contributed by atoms with E-state index in [1.807, 2.05) is 18.2 Å². The Morgan fingerprint density at radius 3 is 2.59 bits per heavy atom. The van der Waals surface area contributed by atoms with E-state index in [0.29, 0.717) is 11.2 Å². The van der Waals surface area contributed by atoms with Crippen LogP contribution in [0, 0.1) is 5.82 Å². The Hall–Kier alpha value is -2.95. The number of carbonyl (C=O) groups is 1. The van der Waals surface area contributed by atoms with Crippen LogP contribution in [0.25, 0.3) is 10.9 Å². The van der Waals surface area contributed by atoms with Crippen LogP contribution in [-0.4, -0.2) is 17.9 Å². The van der Waals surface area contributed by atoms with E-state index in [1.54, 1.807) is 19.2 Å². The first-order valence-corrected chi connectivity index (χ1v) is 6.72. The molecular formula is C17H13FN2O2. The van der Waals surface area contributed by atoms with Crippen LogP contribution in [0.3, 0.4) is 0 Å². The van der Waals surface area contributed by atoms with Crippen LogP contribution in [-0.2, 0) is 0 Å². The minimum Gasteiger partial charge on any atom is -0.360 e. The highest BCUT2D eigenvalue weighted by Crippen LogP contribution is 2.15. The lowest BCUT2D eigenvalue weighted by Gasteiger charge is -2.17. The van der Waals surface area contributed by atoms with Crippen molar-refractivity contribution in [3.8, 4) is 0 Å². The zero-order valence-electron chi connectivity index (χ0n) is 11.8. The number of amides is 1. The normalized spacial score (nSPS) is 10.6. The SMILES string of the molecule is CN(C(=O)c1c[nH]c2cc(F)ccc2c1=O)c1ccccc1. The van der Waals surface area contributed by atoms with Crippen LogP contribution in [0.2, 0.25) is 0 Å². The number of para-hydroxylation sites is 1. The van der Waals surface area contributed by atoms with Crippen molar-refractivity contribution in [3.63, 3.8) is 0 Å². The number of H-pyrrole nitrogens is 1. The minimum atomic E-state index is -0.441. The molecule has 0 fully saturated rings. The number of carbonyl (C=O) groups excluding carboxylic acids is 1. The molecule has 1 N–H and O–H groups in total. The number of nitrogens with zero attached hydrogens (tertiary/aromatic N) is 1. The largest absolute Gasteiger partial charge is 0.360 e. The van der Waals surface area contributed by atoms with Crippen molar-refractivity contribution in [2.75, 3.05) is 11.9 Å². The Labute approximate surface area is 125 Å². The van der Waals surface area contributed by atoms with Crippen molar-refractivity contribution >= 4 is 22.5 Å². The second-order valence-electron chi connectivity index (χ2n) is 4.92. The molecule has 4 nitrogen and oxygen atoms in total. The van der Waals surface area contributed by atoms with Crippen LogP contribution < -0.4 is 10.3 Å². The van der Waals surface area contributed by atoms with Gasteiger partial charge in [-0.15, -0.1) is 0 Å². The van der Waals surface area contributed by atoms with Gasteiger partial charge in [-0.3, -0.25) is 9.59 Å². The third-order valence-corrected chi connectivity index (χ3v) is 3.52. The molecule has 0 unspecified atom stereocenters. The summed E-state index contributed by atoms with van der Waals surface area (Å²) in [6.07, 6.45) is 1.33. The smallest absolute Gasteiger partial charge is 0.263 e. The maximum atomic E-state index is 13.2. The predicted molar refractivity (Wildman–Crippen MR) is 83.7 cm³/mol. The van der Waals surface area contributed by atoms with Crippen LogP contribution in [0.1, 0.15) is 10.4 Å². The van der Waals surface area contributed by atoms with Gasteiger partial charge in [0.1, 0.15) is 11.4 Å². The second kappa shape index (κ2) is 5.44. The number of anilines is 1. The fraction of sp³-hybridized carbons (Fsp3) is 0.0588. The number of aromatic nitrogens is 1. The Kier molecular flexibility index (Phi) is 3.47. The summed E-state index contributed by atoms with van der Waals surface area (Å²) in [7, 11) is 1.60. The van der Waals surface area contributed by atoms with Gasteiger partial charge in [-0.1, -0.05) is 18.2 Å². The van der Waals surface area contributed by atoms with E-state index in [4.69, 9.17) is 0 Å². The molecule has 110 valence electrons. The Bertz CT molecular complexity index is 903. The topological polar surface area (TPSA) is 53.2 Å². The quantitative estimate of drug-likeness (QED) is 0.790. The number of hydrogen-bond acceptors (Lipinski definition) is 2. The van der Waals surface area contributed by atoms with Gasteiger partial charge in [-0.2, -0.15) is 0 Å². The summed E-state index contributed by atoms with van der Waals surface area (Å²) in [4.78, 5) is 29.1. The highest BCUT2D eigenvalue weighted by Gasteiger charge is 2.18. The molecule has 0 aliphatic rings. The summed E-state index contributed by atoms with van der Waals surface area (Å²) in [5.74, 6) is -0.859. The van der Waals surface area contributed by atoms with Gasteiger partial charge in [0.25, 0.3) is 5.91 Å². The standard InChI is InChI=1S/C17H13FN2O2/c1-20(12-5-3-2-4-6-12)17(22)14-10-19-15-9-11(18)7-8-13(15)16(14)21/h2-10H,1H3,(H,19,21). The van der Waals surface area contributed by atoms with E-state index in [-0.39, 0.29) is 10.9 Å². The van der Waals surface area contributed by atoms with Gasteiger partial charge in [0, 0.05) is 24.3 Å². The van der Waals surface area contributed by atoms with Crippen molar-refractivity contribution in [3.05, 3.63) is 76.3 Å². The van der Waals surface area contributed by atoms with Gasteiger partial charge in [0.2, 0.25) is 5.43 Å². The van der Waals surface area contributed by atoms with E-state index >= 15 is 0 Å². The maximum absolute atomic E-state index is 13.2. The molecule has 1 heterocycles. The third kappa shape index (κ3) is 2.37. The summed E-state index contributed by atoms with van der Waals surface area (Å²) in [6.45, 7) is 0. The summed E-state index contributed by atoms with van der Waals surface area (Å²) in [5, 5.41) is 0.286. The molecule has 3 aromatic rings. The highest BCUT2D eigenvalue weighted by molar-refractivity contribution is 6.06. The third-order valence-electron chi connectivity index (χ3n) is 3.52. The zero-order valence-corrected chi connectivity index (χ0v) is 11.8. The van der Waals surface area contributed by atoms with Gasteiger partial charge in [-0.05, 0) is 30.3 Å². The lowest BCUT2D eigenvalue weighted by molar-refractivity contribution is 0.0992. The van der Waals surface area contributed by atoms with Crippen LogP contribution in [0.4, 0.5) is 10.1 Å². The van der Waals surface area contributed by atoms with E-state index in [1.165, 1.54) is 29.3 Å². The van der Waals surface area contributed by atoms with Crippen LogP contribution in [0.5, 0.6) is 0 Å². The van der Waals surface area contributed by atoms with Gasteiger partial charge in [-0.25, -0.2) is 4.39 Å². The summed E-state index contributed by atoms with van der Waals surface area (Å²) in [5.41, 5.74) is 0.655. The molecule has 1 amide bonds. The zero-order chi connectivity index (χ0) is 15.7. The fourth-order valence-corrected chi connectivity index (χ4v) is 2.30. The van der Waals surface area contributed by atoms with E-state index in [0.717, 1.165) is 0 Å². The fourth-order valence-electron chi connectivity index (χ4n) is 2.30. The summed E-state index contributed by atoms with van der Waals surface area (Å²) in [6, 6.07) is 12.8. The van der Waals surface area contributed by atoms with Crippen molar-refractivity contribution < 1.29 is 9.18 Å². The summed E-state index contributed by atoms with van der Waals surface area (Å²) < 4.78 is 13.2. The first-order chi connectivity index (χ1) is 10.6. The van der Waals surface area contributed by atoms with Crippen molar-refractivity contribution in [1.29, 1.82) is 0 Å². The van der Waals surface area contributed by atoms with Gasteiger partial charge < -0.3 is 9.88 Å². The molecule has 5 heteroatoms. The Morgan fingerprint density at radius 1 is 1.14 bits per heavy atom. The molecule has 3 rings (SSSR count). The second-order valence-corrected chi connectivity index (χ2v) is 4.92. The Morgan fingerprint density at radius 2 is 1.86 bits per heavy atom. The number of benzene rings is 2. The molecule has 22 heavy (non-hydrogen) atoms. The number of pyridine rings is 1. The molecule has 0 atom stereocenters. The van der Waals surface area contributed by atoms with E-state index in [9.17, 15) is 14.0 Å². The molecule has 1 aromatic heterocycles. The molecule has 0 saturated carbocycles. The Balaban J connectivity index is 2.07. The van der Waals surface area contributed by atoms with E-state index in [2.05, 4.69) is 4.98 Å². The molecule has 0 spiro atoms. The number of halogens is 1. The number of rotatable bonds is 2. The number of fused-ring (bicyclic) bond motifs is 1. The number of aromatic amines is 1. The van der Waals surface area contributed by atoms with Gasteiger partial charge in [0.05, 0.1) is 5.52 Å². The molecule has 2 aromatic carbocycles. The van der Waals surface area contributed by atoms with Crippen LogP contribution in [0.15, 0.2) is 59.5 Å². The van der Waals surface area contributed by atoms with Crippen molar-refractivity contribution in [1.82, 2.24) is 4.98 Å². The predicted octanol–water partition coefficient (Wildman–Crippen LogP) is 2.94. The van der Waals surface area contributed by atoms with Crippen LogP contribution >= 0.6 is 0 Å². The van der Waals surface area contributed by atoms with E-state index < -0.39 is 17.2 Å². The minimum absolute atomic E-state index is 0.0189. The molecular weight excluding hydrogens is 283 g/mol. The lowest BCUT2D eigenvalue weighted by atomic mass is 10.1. The monoisotopic (exact) mass is 296 g/mol. The van der Waals surface area contributed by atoms with Gasteiger partial charge >= 0.3 is 0 Å². The molecule has 0 bridgehead atoms. The average Bonchev–Trinajstić information content (AvgIpc) is 2.54. The number of nitrogens with one attached hydrogen (secondary N) is 1. The molecule has 0 radical (unpaired) electrons. The van der Waals surface area contributed by atoms with Gasteiger partial charge in [0.15, 0.2) is 0 Å². The first-order valence-electron chi connectivity index (χ1n) is 6.72. The summed E-state index contributed by atoms with van der Waals surface area (Å²) >= 11 is 0. The highest BCUT2D eigenvalue weighted by atomic mass is 19.1. The first kappa shape index (κ1) is 14.0. The average molecular weight is 296 g/mol. The van der Waals surface area contributed by atoms with Crippen molar-refractivity contribution in [2.45, 2.75) is 0 Å².